The van der Waals surface area contributed by atoms with Gasteiger partial charge in [-0.05, 0) is 18.3 Å². The second-order valence-corrected chi connectivity index (χ2v) is 3.74. The molecule has 0 bridgehead atoms. The summed E-state index contributed by atoms with van der Waals surface area (Å²) in [6.07, 6.45) is 4.87. The van der Waals surface area contributed by atoms with Crippen LogP contribution >= 0.6 is 0 Å². The second kappa shape index (κ2) is 6.63. The molecule has 0 fully saturated rings. The number of hydrogen-bond donors (Lipinski definition) is 0. The molecule has 0 heterocycles. The van der Waals surface area contributed by atoms with Crippen LogP contribution < -0.4 is 0 Å². The maximum Gasteiger partial charge on any atom is 0.0920 e. The SMILES string of the molecule is CCCC[C@H](C)C[C@H](C)CF. The Bertz CT molecular complexity index is 80.9. The highest BCUT2D eigenvalue weighted by atomic mass is 19.1. The van der Waals surface area contributed by atoms with Crippen LogP contribution in [0, 0.1) is 11.8 Å². The van der Waals surface area contributed by atoms with Crippen molar-refractivity contribution in [2.45, 2.75) is 46.5 Å². The van der Waals surface area contributed by atoms with Gasteiger partial charge in [0.1, 0.15) is 0 Å². The molecule has 0 aromatic rings. The molecule has 0 N–H and O–H groups in total. The molecule has 0 aromatic heterocycles. The minimum atomic E-state index is -0.156. The van der Waals surface area contributed by atoms with E-state index in [4.69, 9.17) is 0 Å². The molecule has 0 radical (unpaired) electrons. The van der Waals surface area contributed by atoms with Crippen molar-refractivity contribution in [2.24, 2.45) is 11.8 Å². The lowest BCUT2D eigenvalue weighted by Gasteiger charge is -2.13. The molecule has 0 aliphatic heterocycles. The molecule has 11 heavy (non-hydrogen) atoms. The molecule has 0 aliphatic rings. The highest BCUT2D eigenvalue weighted by Gasteiger charge is 2.07. The Morgan fingerprint density at radius 3 is 2.27 bits per heavy atom. The Kier molecular flexibility index (Phi) is 6.59. The van der Waals surface area contributed by atoms with E-state index in [1.165, 1.54) is 19.3 Å². The smallest absolute Gasteiger partial charge is 0.0920 e. The van der Waals surface area contributed by atoms with Gasteiger partial charge in [0.05, 0.1) is 6.67 Å². The molecule has 0 saturated heterocycles. The predicted octanol–water partition coefficient (Wildman–Crippen LogP) is 3.81. The third kappa shape index (κ3) is 6.33. The van der Waals surface area contributed by atoms with Crippen molar-refractivity contribution in [3.8, 4) is 0 Å². The maximum absolute atomic E-state index is 12.1. The van der Waals surface area contributed by atoms with Crippen LogP contribution in [-0.2, 0) is 0 Å². The summed E-state index contributed by atoms with van der Waals surface area (Å²) >= 11 is 0. The first kappa shape index (κ1) is 10.9. The third-order valence-electron chi connectivity index (χ3n) is 2.12. The molecule has 0 amide bonds. The minimum Gasteiger partial charge on any atom is -0.251 e. The van der Waals surface area contributed by atoms with Gasteiger partial charge in [0.25, 0.3) is 0 Å². The zero-order valence-electron chi connectivity index (χ0n) is 8.07. The summed E-state index contributed by atoms with van der Waals surface area (Å²) in [6, 6.07) is 0. The van der Waals surface area contributed by atoms with E-state index < -0.39 is 0 Å². The van der Waals surface area contributed by atoms with E-state index in [0.29, 0.717) is 5.92 Å². The number of alkyl halides is 1. The summed E-state index contributed by atoms with van der Waals surface area (Å²) in [4.78, 5) is 0. The number of halogens is 1. The monoisotopic (exact) mass is 160 g/mol. The molecule has 0 spiro atoms. The lowest BCUT2D eigenvalue weighted by atomic mass is 9.94. The van der Waals surface area contributed by atoms with Gasteiger partial charge in [-0.15, -0.1) is 0 Å². The summed E-state index contributed by atoms with van der Waals surface area (Å²) < 4.78 is 12.1. The fourth-order valence-electron chi connectivity index (χ4n) is 1.42. The number of hydrogen-bond acceptors (Lipinski definition) is 0. The fourth-order valence-corrected chi connectivity index (χ4v) is 1.42. The van der Waals surface area contributed by atoms with Crippen LogP contribution in [0.25, 0.3) is 0 Å². The molecule has 0 rings (SSSR count). The molecule has 0 unspecified atom stereocenters. The number of unbranched alkanes of at least 4 members (excludes halogenated alkanes) is 1. The molecule has 2 atom stereocenters. The topological polar surface area (TPSA) is 0 Å². The van der Waals surface area contributed by atoms with Crippen molar-refractivity contribution < 1.29 is 4.39 Å². The summed E-state index contributed by atoms with van der Waals surface area (Å²) in [5.41, 5.74) is 0. The molecule has 0 aromatic carbocycles. The zero-order chi connectivity index (χ0) is 8.69. The first-order chi connectivity index (χ1) is 5.20. The third-order valence-corrected chi connectivity index (χ3v) is 2.12. The van der Waals surface area contributed by atoms with Crippen molar-refractivity contribution in [3.05, 3.63) is 0 Å². The molecular weight excluding hydrogens is 139 g/mol. The largest absolute Gasteiger partial charge is 0.251 e. The van der Waals surface area contributed by atoms with Crippen LogP contribution in [0.1, 0.15) is 46.5 Å². The average molecular weight is 160 g/mol. The van der Waals surface area contributed by atoms with Gasteiger partial charge in [-0.1, -0.05) is 40.0 Å². The van der Waals surface area contributed by atoms with Crippen LogP contribution in [0.15, 0.2) is 0 Å². The molecule has 0 nitrogen and oxygen atoms in total. The normalized spacial score (nSPS) is 16.4. The molecule has 0 aliphatic carbocycles. The van der Waals surface area contributed by atoms with E-state index in [-0.39, 0.29) is 12.6 Å². The van der Waals surface area contributed by atoms with Gasteiger partial charge in [-0.3, -0.25) is 4.39 Å². The van der Waals surface area contributed by atoms with E-state index in [2.05, 4.69) is 13.8 Å². The molecular formula is C10H21F. The van der Waals surface area contributed by atoms with Gasteiger partial charge >= 0.3 is 0 Å². The first-order valence-electron chi connectivity index (χ1n) is 4.76. The molecule has 1 heteroatoms. The lowest BCUT2D eigenvalue weighted by Crippen LogP contribution is -2.04. The minimum absolute atomic E-state index is 0.156. The Balaban J connectivity index is 3.27. The Morgan fingerprint density at radius 2 is 1.82 bits per heavy atom. The highest BCUT2D eigenvalue weighted by molar-refractivity contribution is 4.58. The van der Waals surface area contributed by atoms with Gasteiger partial charge in [0, 0.05) is 0 Å². The van der Waals surface area contributed by atoms with Crippen LogP contribution in [0.4, 0.5) is 4.39 Å². The van der Waals surface area contributed by atoms with E-state index in [1.54, 1.807) is 0 Å². The zero-order valence-corrected chi connectivity index (χ0v) is 8.07. The Labute approximate surface area is 70.2 Å². The van der Waals surface area contributed by atoms with E-state index in [9.17, 15) is 4.39 Å². The quantitative estimate of drug-likeness (QED) is 0.554. The van der Waals surface area contributed by atoms with Crippen molar-refractivity contribution in [1.29, 1.82) is 0 Å². The van der Waals surface area contributed by atoms with Crippen LogP contribution in [0.3, 0.4) is 0 Å². The average Bonchev–Trinajstić information content (AvgIpc) is 2.00. The maximum atomic E-state index is 12.1. The first-order valence-corrected chi connectivity index (χ1v) is 4.76. The van der Waals surface area contributed by atoms with E-state index in [0.717, 1.165) is 6.42 Å². The van der Waals surface area contributed by atoms with Gasteiger partial charge in [0.15, 0.2) is 0 Å². The Hall–Kier alpha value is -0.0700. The van der Waals surface area contributed by atoms with Gasteiger partial charge < -0.3 is 0 Å². The van der Waals surface area contributed by atoms with E-state index >= 15 is 0 Å². The Morgan fingerprint density at radius 1 is 1.18 bits per heavy atom. The summed E-state index contributed by atoms with van der Waals surface area (Å²) in [5.74, 6) is 0.975. The van der Waals surface area contributed by atoms with Crippen LogP contribution in [0.5, 0.6) is 0 Å². The van der Waals surface area contributed by atoms with Crippen LogP contribution in [0.2, 0.25) is 0 Å². The fraction of sp³-hybridized carbons (Fsp3) is 1.00. The molecule has 0 saturated carbocycles. The van der Waals surface area contributed by atoms with Crippen LogP contribution in [-0.4, -0.2) is 6.67 Å². The van der Waals surface area contributed by atoms with Gasteiger partial charge in [-0.2, -0.15) is 0 Å². The molecule has 68 valence electrons. The van der Waals surface area contributed by atoms with E-state index in [1.807, 2.05) is 6.92 Å². The summed E-state index contributed by atoms with van der Waals surface area (Å²) in [5, 5.41) is 0. The summed E-state index contributed by atoms with van der Waals surface area (Å²) in [6.45, 7) is 6.26. The van der Waals surface area contributed by atoms with Crippen molar-refractivity contribution >= 4 is 0 Å². The van der Waals surface area contributed by atoms with Crippen molar-refractivity contribution in [1.82, 2.24) is 0 Å². The standard InChI is InChI=1S/C10H21F/c1-4-5-6-9(2)7-10(3)8-11/h9-10H,4-8H2,1-3H3/t9-,10-/m0/s1. The van der Waals surface area contributed by atoms with Gasteiger partial charge in [0.2, 0.25) is 0 Å². The number of rotatable bonds is 6. The second-order valence-electron chi connectivity index (χ2n) is 3.74. The van der Waals surface area contributed by atoms with Crippen molar-refractivity contribution in [3.63, 3.8) is 0 Å². The highest BCUT2D eigenvalue weighted by Crippen LogP contribution is 2.17. The van der Waals surface area contributed by atoms with Crippen molar-refractivity contribution in [2.75, 3.05) is 6.67 Å². The lowest BCUT2D eigenvalue weighted by molar-refractivity contribution is 0.313. The summed E-state index contributed by atoms with van der Waals surface area (Å²) in [7, 11) is 0. The van der Waals surface area contributed by atoms with Gasteiger partial charge in [-0.25, -0.2) is 0 Å². The predicted molar refractivity (Wildman–Crippen MR) is 48.4 cm³/mol.